The Labute approximate surface area is 108 Å². The molecule has 1 saturated heterocycles. The van der Waals surface area contributed by atoms with Gasteiger partial charge in [-0.3, -0.25) is 4.79 Å². The van der Waals surface area contributed by atoms with E-state index in [0.29, 0.717) is 19.8 Å². The number of halogens is 1. The Kier molecular flexibility index (Phi) is 4.00. The van der Waals surface area contributed by atoms with Gasteiger partial charge >= 0.3 is 0 Å². The smallest absolute Gasteiger partial charge is 0.255 e. The number of hydrogen-bond donors (Lipinski definition) is 0. The predicted molar refractivity (Wildman–Crippen MR) is 68.0 cm³/mol. The van der Waals surface area contributed by atoms with Crippen LogP contribution in [0.5, 0.6) is 0 Å². The molecule has 88 valence electrons. The zero-order chi connectivity index (χ0) is 11.5. The van der Waals surface area contributed by atoms with E-state index >= 15 is 0 Å². The molecule has 1 aliphatic heterocycles. The molecule has 2 heterocycles. The van der Waals surface area contributed by atoms with Crippen LogP contribution in [-0.2, 0) is 4.74 Å². The molecule has 0 saturated carbocycles. The summed E-state index contributed by atoms with van der Waals surface area (Å²) in [6.07, 6.45) is 0.942. The Morgan fingerprint density at radius 2 is 2.56 bits per heavy atom. The van der Waals surface area contributed by atoms with Crippen LogP contribution >= 0.6 is 27.3 Å². The number of carbonyl (C=O) groups is 1. The van der Waals surface area contributed by atoms with Crippen molar-refractivity contribution in [1.82, 2.24) is 4.90 Å². The fourth-order valence-corrected chi connectivity index (χ4v) is 2.98. The van der Waals surface area contributed by atoms with Crippen LogP contribution in [0.15, 0.2) is 15.2 Å². The molecule has 5 heteroatoms. The molecule has 1 aromatic heterocycles. The van der Waals surface area contributed by atoms with E-state index in [-0.39, 0.29) is 11.9 Å². The average Bonchev–Trinajstić information content (AvgIpc) is 2.75. The third kappa shape index (κ3) is 2.47. The van der Waals surface area contributed by atoms with Crippen LogP contribution in [-0.4, -0.2) is 36.6 Å². The summed E-state index contributed by atoms with van der Waals surface area (Å²) in [4.78, 5) is 14.2. The molecule has 0 spiro atoms. The molecule has 2 rings (SSSR count). The first-order valence-electron chi connectivity index (χ1n) is 5.35. The minimum absolute atomic E-state index is 0.122. The van der Waals surface area contributed by atoms with Crippen molar-refractivity contribution in [3.8, 4) is 0 Å². The van der Waals surface area contributed by atoms with E-state index in [9.17, 15) is 4.79 Å². The topological polar surface area (TPSA) is 29.5 Å². The van der Waals surface area contributed by atoms with Crippen molar-refractivity contribution < 1.29 is 9.53 Å². The van der Waals surface area contributed by atoms with Gasteiger partial charge in [-0.05, 0) is 28.4 Å². The second kappa shape index (κ2) is 5.29. The lowest BCUT2D eigenvalue weighted by atomic mass is 10.1. The Morgan fingerprint density at radius 3 is 3.19 bits per heavy atom. The number of thiophene rings is 1. The standard InChI is InChI=1S/C11H14BrNO2S/c1-2-9-6-15-4-3-13(9)11(14)8-5-10(12)16-7-8/h5,7,9H,2-4,6H2,1H3. The summed E-state index contributed by atoms with van der Waals surface area (Å²) in [5, 5.41) is 1.90. The SMILES string of the molecule is CCC1COCCN1C(=O)c1csc(Br)c1. The van der Waals surface area contributed by atoms with Crippen molar-refractivity contribution in [2.45, 2.75) is 19.4 Å². The van der Waals surface area contributed by atoms with Crippen LogP contribution in [0.3, 0.4) is 0 Å². The third-order valence-corrected chi connectivity index (χ3v) is 4.28. The first-order chi connectivity index (χ1) is 7.72. The van der Waals surface area contributed by atoms with E-state index in [2.05, 4.69) is 22.9 Å². The van der Waals surface area contributed by atoms with Gasteiger partial charge in [-0.25, -0.2) is 0 Å². The van der Waals surface area contributed by atoms with E-state index in [1.165, 1.54) is 0 Å². The van der Waals surface area contributed by atoms with Gasteiger partial charge in [-0.2, -0.15) is 0 Å². The molecule has 3 nitrogen and oxygen atoms in total. The summed E-state index contributed by atoms with van der Waals surface area (Å²) in [5.41, 5.74) is 0.775. The lowest BCUT2D eigenvalue weighted by molar-refractivity contribution is -0.00277. The fraction of sp³-hybridized carbons (Fsp3) is 0.545. The highest BCUT2D eigenvalue weighted by molar-refractivity contribution is 9.11. The molecule has 1 unspecified atom stereocenters. The molecular weight excluding hydrogens is 290 g/mol. The summed E-state index contributed by atoms with van der Waals surface area (Å²) < 4.78 is 6.39. The minimum atomic E-state index is 0.122. The second-order valence-electron chi connectivity index (χ2n) is 3.78. The highest BCUT2D eigenvalue weighted by Gasteiger charge is 2.27. The highest BCUT2D eigenvalue weighted by atomic mass is 79.9. The molecule has 1 amide bonds. The Hall–Kier alpha value is -0.390. The number of morpholine rings is 1. The van der Waals surface area contributed by atoms with Crippen LogP contribution < -0.4 is 0 Å². The summed E-state index contributed by atoms with van der Waals surface area (Å²) in [6.45, 7) is 4.09. The largest absolute Gasteiger partial charge is 0.377 e. The Morgan fingerprint density at radius 1 is 1.75 bits per heavy atom. The van der Waals surface area contributed by atoms with E-state index < -0.39 is 0 Å². The number of hydrogen-bond acceptors (Lipinski definition) is 3. The first-order valence-corrected chi connectivity index (χ1v) is 7.02. The van der Waals surface area contributed by atoms with E-state index in [1.54, 1.807) is 11.3 Å². The molecule has 16 heavy (non-hydrogen) atoms. The zero-order valence-corrected chi connectivity index (χ0v) is 11.5. The molecule has 0 aliphatic carbocycles. The Balaban J connectivity index is 2.13. The summed E-state index contributed by atoms with van der Waals surface area (Å²) in [6, 6.07) is 2.11. The number of rotatable bonds is 2. The van der Waals surface area contributed by atoms with Crippen LogP contribution in [0.2, 0.25) is 0 Å². The molecule has 1 fully saturated rings. The van der Waals surface area contributed by atoms with Crippen LogP contribution in [0.4, 0.5) is 0 Å². The van der Waals surface area contributed by atoms with Gasteiger partial charge in [0.2, 0.25) is 0 Å². The minimum Gasteiger partial charge on any atom is -0.377 e. The zero-order valence-electron chi connectivity index (χ0n) is 9.11. The maximum absolute atomic E-state index is 12.2. The van der Waals surface area contributed by atoms with Crippen molar-refractivity contribution in [2.75, 3.05) is 19.8 Å². The lowest BCUT2D eigenvalue weighted by Gasteiger charge is -2.34. The van der Waals surface area contributed by atoms with Gasteiger partial charge in [-0.1, -0.05) is 6.92 Å². The van der Waals surface area contributed by atoms with E-state index in [4.69, 9.17) is 4.74 Å². The molecule has 1 aromatic rings. The summed E-state index contributed by atoms with van der Waals surface area (Å²) in [5.74, 6) is 0.122. The molecule has 0 radical (unpaired) electrons. The molecule has 0 aromatic carbocycles. The second-order valence-corrected chi connectivity index (χ2v) is 6.07. The van der Waals surface area contributed by atoms with E-state index in [0.717, 1.165) is 15.8 Å². The van der Waals surface area contributed by atoms with Gasteiger partial charge in [0.1, 0.15) is 0 Å². The van der Waals surface area contributed by atoms with Gasteiger partial charge in [-0.15, -0.1) is 11.3 Å². The predicted octanol–water partition coefficient (Wildman–Crippen LogP) is 2.76. The maximum atomic E-state index is 12.2. The van der Waals surface area contributed by atoms with Gasteiger partial charge in [0.15, 0.2) is 0 Å². The number of carbonyl (C=O) groups excluding carboxylic acids is 1. The van der Waals surface area contributed by atoms with Gasteiger partial charge in [0, 0.05) is 11.9 Å². The van der Waals surface area contributed by atoms with Crippen molar-refractivity contribution >= 4 is 33.2 Å². The van der Waals surface area contributed by atoms with Crippen LogP contribution in [0.25, 0.3) is 0 Å². The Bertz CT molecular complexity index is 380. The third-order valence-electron chi connectivity index (χ3n) is 2.77. The van der Waals surface area contributed by atoms with Crippen LogP contribution in [0, 0.1) is 0 Å². The van der Waals surface area contributed by atoms with Gasteiger partial charge in [0.25, 0.3) is 5.91 Å². The highest BCUT2D eigenvalue weighted by Crippen LogP contribution is 2.23. The van der Waals surface area contributed by atoms with E-state index in [1.807, 2.05) is 16.3 Å². The number of amides is 1. The molecule has 1 aliphatic rings. The van der Waals surface area contributed by atoms with Gasteiger partial charge in [0.05, 0.1) is 28.6 Å². The molecule has 0 N–H and O–H groups in total. The van der Waals surface area contributed by atoms with Crippen molar-refractivity contribution in [2.24, 2.45) is 0 Å². The quantitative estimate of drug-likeness (QED) is 0.841. The monoisotopic (exact) mass is 303 g/mol. The summed E-state index contributed by atoms with van der Waals surface area (Å²) in [7, 11) is 0. The summed E-state index contributed by atoms with van der Waals surface area (Å²) >= 11 is 4.92. The molecular formula is C11H14BrNO2S. The van der Waals surface area contributed by atoms with Crippen molar-refractivity contribution in [3.05, 3.63) is 20.8 Å². The van der Waals surface area contributed by atoms with Crippen molar-refractivity contribution in [3.63, 3.8) is 0 Å². The number of nitrogens with zero attached hydrogens (tertiary/aromatic N) is 1. The normalized spacial score (nSPS) is 21.1. The molecule has 0 bridgehead atoms. The average molecular weight is 304 g/mol. The molecule has 1 atom stereocenters. The van der Waals surface area contributed by atoms with Crippen LogP contribution in [0.1, 0.15) is 23.7 Å². The van der Waals surface area contributed by atoms with Crippen molar-refractivity contribution in [1.29, 1.82) is 0 Å². The fourth-order valence-electron chi connectivity index (χ4n) is 1.85. The first kappa shape index (κ1) is 12.1. The van der Waals surface area contributed by atoms with Gasteiger partial charge < -0.3 is 9.64 Å². The lowest BCUT2D eigenvalue weighted by Crippen LogP contribution is -2.48. The maximum Gasteiger partial charge on any atom is 0.255 e. The number of ether oxygens (including phenoxy) is 1.